The molecule has 0 spiro atoms. The van der Waals surface area contributed by atoms with Crippen molar-refractivity contribution in [3.8, 4) is 0 Å². The summed E-state index contributed by atoms with van der Waals surface area (Å²) in [6, 6.07) is 9.56. The Balaban J connectivity index is 1.64. The maximum Gasteiger partial charge on any atom is 0.227 e. The molecule has 7 heteroatoms. The first-order chi connectivity index (χ1) is 12.2. The number of nitrogens with zero attached hydrogens (tertiary/aromatic N) is 3. The number of hydrogen-bond acceptors (Lipinski definition) is 4. The molecule has 0 saturated heterocycles. The molecule has 0 unspecified atom stereocenters. The van der Waals surface area contributed by atoms with Crippen LogP contribution in [0, 0.1) is 6.92 Å². The molecule has 0 saturated carbocycles. The highest BCUT2D eigenvalue weighted by Crippen LogP contribution is 2.03. The molecule has 1 amide bonds. The van der Waals surface area contributed by atoms with E-state index in [4.69, 9.17) is 0 Å². The number of aromatic nitrogens is 2. The minimum absolute atomic E-state index is 0.0900. The molecule has 2 heterocycles. The van der Waals surface area contributed by atoms with Crippen molar-refractivity contribution >= 4 is 17.7 Å². The Kier molecular flexibility index (Phi) is 7.37. The molecule has 2 rings (SSSR count). The quantitative estimate of drug-likeness (QED) is 0.525. The molecule has 0 aromatic carbocycles. The van der Waals surface area contributed by atoms with Gasteiger partial charge in [-0.15, -0.1) is 0 Å². The third-order valence-electron chi connectivity index (χ3n) is 3.45. The molecule has 3 N–H and O–H groups in total. The summed E-state index contributed by atoms with van der Waals surface area (Å²) in [5.41, 5.74) is 2.08. The number of amides is 1. The van der Waals surface area contributed by atoms with E-state index in [9.17, 15) is 4.79 Å². The van der Waals surface area contributed by atoms with Crippen molar-refractivity contribution in [3.05, 3.63) is 54.0 Å². The predicted octanol–water partition coefficient (Wildman–Crippen LogP) is 1.52. The van der Waals surface area contributed by atoms with Crippen LogP contribution in [0.1, 0.15) is 17.7 Å². The number of pyridine rings is 2. The maximum absolute atomic E-state index is 11.9. The van der Waals surface area contributed by atoms with Crippen LogP contribution in [0.3, 0.4) is 0 Å². The summed E-state index contributed by atoms with van der Waals surface area (Å²) in [4.78, 5) is 24.5. The third kappa shape index (κ3) is 6.99. The molecule has 0 aliphatic rings. The monoisotopic (exact) mass is 340 g/mol. The van der Waals surface area contributed by atoms with Gasteiger partial charge in [0.05, 0.1) is 0 Å². The fourth-order valence-corrected chi connectivity index (χ4v) is 2.12. The number of aliphatic imine (C=N–C) groups is 1. The molecule has 0 radical (unpaired) electrons. The molecule has 132 valence electrons. The lowest BCUT2D eigenvalue weighted by molar-refractivity contribution is -0.116. The van der Waals surface area contributed by atoms with Gasteiger partial charge in [-0.05, 0) is 30.7 Å². The average Bonchev–Trinajstić information content (AvgIpc) is 2.63. The van der Waals surface area contributed by atoms with Crippen LogP contribution >= 0.6 is 0 Å². The first kappa shape index (κ1) is 18.4. The molecule has 2 aromatic heterocycles. The first-order valence-corrected chi connectivity index (χ1v) is 8.24. The average molecular weight is 340 g/mol. The molecule has 0 fully saturated rings. The smallest absolute Gasteiger partial charge is 0.227 e. The zero-order valence-corrected chi connectivity index (χ0v) is 14.6. The predicted molar refractivity (Wildman–Crippen MR) is 99.5 cm³/mol. The summed E-state index contributed by atoms with van der Waals surface area (Å²) in [7, 11) is 1.70. The van der Waals surface area contributed by atoms with Crippen LogP contribution in [-0.4, -0.2) is 42.0 Å². The number of guanidine groups is 1. The SMILES string of the molecule is CN=C(NCCC(=O)Nc1ccc(C)cn1)NCCc1ccccn1. The van der Waals surface area contributed by atoms with Crippen molar-refractivity contribution in [2.75, 3.05) is 25.5 Å². The molecule has 25 heavy (non-hydrogen) atoms. The highest BCUT2D eigenvalue weighted by Gasteiger charge is 2.04. The number of carbonyl (C=O) groups excluding carboxylic acids is 1. The molecular weight excluding hydrogens is 316 g/mol. The second-order valence-corrected chi connectivity index (χ2v) is 5.52. The van der Waals surface area contributed by atoms with Gasteiger partial charge in [-0.3, -0.25) is 14.8 Å². The van der Waals surface area contributed by atoms with Gasteiger partial charge in [0.15, 0.2) is 5.96 Å². The number of carbonyl (C=O) groups is 1. The van der Waals surface area contributed by atoms with Gasteiger partial charge in [0.25, 0.3) is 0 Å². The van der Waals surface area contributed by atoms with Gasteiger partial charge >= 0.3 is 0 Å². The van der Waals surface area contributed by atoms with Gasteiger partial charge in [0.2, 0.25) is 5.91 Å². The van der Waals surface area contributed by atoms with Gasteiger partial charge in [0, 0.05) is 51.1 Å². The van der Waals surface area contributed by atoms with Crippen molar-refractivity contribution < 1.29 is 4.79 Å². The van der Waals surface area contributed by atoms with Crippen molar-refractivity contribution in [3.63, 3.8) is 0 Å². The Labute approximate surface area is 148 Å². The lowest BCUT2D eigenvalue weighted by Crippen LogP contribution is -2.39. The van der Waals surface area contributed by atoms with E-state index in [2.05, 4.69) is 30.9 Å². The minimum atomic E-state index is -0.0900. The summed E-state index contributed by atoms with van der Waals surface area (Å²) in [6.07, 6.45) is 4.64. The first-order valence-electron chi connectivity index (χ1n) is 8.24. The van der Waals surface area contributed by atoms with Crippen LogP contribution in [0.15, 0.2) is 47.7 Å². The molecule has 7 nitrogen and oxygen atoms in total. The van der Waals surface area contributed by atoms with Gasteiger partial charge in [0.1, 0.15) is 5.82 Å². The molecule has 0 aliphatic carbocycles. The molecule has 0 aliphatic heterocycles. The minimum Gasteiger partial charge on any atom is -0.356 e. The van der Waals surface area contributed by atoms with Gasteiger partial charge in [-0.2, -0.15) is 0 Å². The van der Waals surface area contributed by atoms with Crippen LogP contribution < -0.4 is 16.0 Å². The van der Waals surface area contributed by atoms with Crippen molar-refractivity contribution in [2.45, 2.75) is 19.8 Å². The summed E-state index contributed by atoms with van der Waals surface area (Å²) >= 11 is 0. The zero-order chi connectivity index (χ0) is 17.9. The van der Waals surface area contributed by atoms with E-state index in [1.807, 2.05) is 31.2 Å². The van der Waals surface area contributed by atoms with Crippen molar-refractivity contribution in [1.82, 2.24) is 20.6 Å². The van der Waals surface area contributed by atoms with E-state index in [1.54, 1.807) is 25.5 Å². The number of aryl methyl sites for hydroxylation is 1. The summed E-state index contributed by atoms with van der Waals surface area (Å²) < 4.78 is 0. The van der Waals surface area contributed by atoms with Gasteiger partial charge < -0.3 is 16.0 Å². The number of anilines is 1. The molecule has 2 aromatic rings. The Morgan fingerprint density at radius 3 is 2.64 bits per heavy atom. The number of nitrogens with one attached hydrogen (secondary N) is 3. The van der Waals surface area contributed by atoms with Crippen LogP contribution in [0.5, 0.6) is 0 Å². The number of rotatable bonds is 7. The normalized spacial score (nSPS) is 11.0. The van der Waals surface area contributed by atoms with E-state index < -0.39 is 0 Å². The fourth-order valence-electron chi connectivity index (χ4n) is 2.12. The van der Waals surface area contributed by atoms with Crippen LogP contribution in [0.2, 0.25) is 0 Å². The van der Waals surface area contributed by atoms with Gasteiger partial charge in [-0.1, -0.05) is 12.1 Å². The summed E-state index contributed by atoms with van der Waals surface area (Å²) in [5.74, 6) is 1.14. The van der Waals surface area contributed by atoms with Crippen LogP contribution in [0.25, 0.3) is 0 Å². The Morgan fingerprint density at radius 1 is 1.12 bits per heavy atom. The third-order valence-corrected chi connectivity index (χ3v) is 3.45. The van der Waals surface area contributed by atoms with Crippen molar-refractivity contribution in [2.24, 2.45) is 4.99 Å². The second kappa shape index (κ2) is 10.0. The van der Waals surface area contributed by atoms with Gasteiger partial charge in [-0.25, -0.2) is 4.98 Å². The maximum atomic E-state index is 11.9. The zero-order valence-electron chi connectivity index (χ0n) is 14.6. The van der Waals surface area contributed by atoms with Crippen LogP contribution in [0.4, 0.5) is 5.82 Å². The standard InChI is InChI=1S/C18H24N6O/c1-14-6-7-16(23-13-14)24-17(25)9-12-22-18(19-2)21-11-8-15-5-3-4-10-20-15/h3-7,10,13H,8-9,11-12H2,1-2H3,(H2,19,21,22)(H,23,24,25). The van der Waals surface area contributed by atoms with Crippen molar-refractivity contribution in [1.29, 1.82) is 0 Å². The lowest BCUT2D eigenvalue weighted by atomic mass is 10.3. The van der Waals surface area contributed by atoms with E-state index in [0.717, 1.165) is 24.2 Å². The highest BCUT2D eigenvalue weighted by molar-refractivity contribution is 5.90. The van der Waals surface area contributed by atoms with E-state index in [-0.39, 0.29) is 5.91 Å². The van der Waals surface area contributed by atoms with E-state index in [1.165, 1.54) is 0 Å². The molecular formula is C18H24N6O. The topological polar surface area (TPSA) is 91.3 Å². The van der Waals surface area contributed by atoms with Crippen LogP contribution in [-0.2, 0) is 11.2 Å². The highest BCUT2D eigenvalue weighted by atomic mass is 16.1. The fraction of sp³-hybridized carbons (Fsp3) is 0.333. The second-order valence-electron chi connectivity index (χ2n) is 5.52. The Bertz CT molecular complexity index is 684. The Morgan fingerprint density at radius 2 is 1.96 bits per heavy atom. The number of hydrogen-bond donors (Lipinski definition) is 3. The Hall–Kier alpha value is -2.96. The summed E-state index contributed by atoms with van der Waals surface area (Å²) in [5, 5.41) is 9.09. The molecule has 0 atom stereocenters. The lowest BCUT2D eigenvalue weighted by Gasteiger charge is -2.11. The largest absolute Gasteiger partial charge is 0.356 e. The summed E-state index contributed by atoms with van der Waals surface area (Å²) in [6.45, 7) is 3.16. The van der Waals surface area contributed by atoms with E-state index in [0.29, 0.717) is 24.7 Å². The molecule has 0 bridgehead atoms. The van der Waals surface area contributed by atoms with E-state index >= 15 is 0 Å².